The molecule has 134 valence electrons. The lowest BCUT2D eigenvalue weighted by Crippen LogP contribution is -2.55. The van der Waals surface area contributed by atoms with E-state index in [1.165, 1.54) is 4.31 Å². The molecule has 6 nitrogen and oxygen atoms in total. The normalized spacial score (nSPS) is 17.6. The molecule has 0 bridgehead atoms. The third kappa shape index (κ3) is 4.40. The average molecular weight is 374 g/mol. The Labute approximate surface area is 149 Å². The van der Waals surface area contributed by atoms with Crippen molar-refractivity contribution in [1.29, 1.82) is 0 Å². The minimum Gasteiger partial charge on any atom is -0.338 e. The summed E-state index contributed by atoms with van der Waals surface area (Å²) in [4.78, 5) is 16.8. The molecule has 1 aliphatic rings. The van der Waals surface area contributed by atoms with Crippen molar-refractivity contribution >= 4 is 33.2 Å². The summed E-state index contributed by atoms with van der Waals surface area (Å²) in [7, 11) is -1.59. The molecular weight excluding hydrogens is 350 g/mol. The summed E-state index contributed by atoms with van der Waals surface area (Å²) in [5.41, 5.74) is 0.455. The van der Waals surface area contributed by atoms with Gasteiger partial charge in [-0.3, -0.25) is 9.10 Å². The van der Waals surface area contributed by atoms with Gasteiger partial charge in [0.25, 0.3) is 0 Å². The second-order valence-electron chi connectivity index (χ2n) is 6.09. The lowest BCUT2D eigenvalue weighted by Gasteiger charge is -2.37. The number of carbonyl (C=O) groups is 1. The van der Waals surface area contributed by atoms with Crippen molar-refractivity contribution in [3.8, 4) is 0 Å². The Kier molecular flexibility index (Phi) is 6.11. The first-order chi connectivity index (χ1) is 11.2. The number of hydrogen-bond donors (Lipinski definition) is 0. The fourth-order valence-corrected chi connectivity index (χ4v) is 4.20. The highest BCUT2D eigenvalue weighted by molar-refractivity contribution is 7.92. The molecule has 1 saturated heterocycles. The van der Waals surface area contributed by atoms with Crippen molar-refractivity contribution in [1.82, 2.24) is 9.80 Å². The van der Waals surface area contributed by atoms with Gasteiger partial charge in [-0.2, -0.15) is 0 Å². The van der Waals surface area contributed by atoms with Gasteiger partial charge in [0.1, 0.15) is 6.04 Å². The van der Waals surface area contributed by atoms with E-state index < -0.39 is 16.1 Å². The summed E-state index contributed by atoms with van der Waals surface area (Å²) in [6, 6.07) is 5.77. The van der Waals surface area contributed by atoms with Crippen LogP contribution in [0.3, 0.4) is 0 Å². The molecule has 0 radical (unpaired) electrons. The molecule has 0 aromatic heterocycles. The van der Waals surface area contributed by atoms with E-state index in [2.05, 4.69) is 4.90 Å². The minimum absolute atomic E-state index is 0.147. The molecule has 1 fully saturated rings. The molecule has 8 heteroatoms. The third-order valence-electron chi connectivity index (χ3n) is 4.21. The fraction of sp³-hybridized carbons (Fsp3) is 0.562. The maximum absolute atomic E-state index is 12.9. The Hall–Kier alpha value is -1.31. The predicted octanol–water partition coefficient (Wildman–Crippen LogP) is 1.66. The van der Waals surface area contributed by atoms with E-state index >= 15 is 0 Å². The number of rotatable bonds is 5. The van der Waals surface area contributed by atoms with Crippen molar-refractivity contribution in [2.24, 2.45) is 0 Å². The highest BCUT2D eigenvalue weighted by Gasteiger charge is 2.34. The number of likely N-dealkylation sites (N-methyl/N-ethyl adjacent to an activating group) is 1. The van der Waals surface area contributed by atoms with Crippen LogP contribution in [0.5, 0.6) is 0 Å². The van der Waals surface area contributed by atoms with Crippen LogP contribution in [0.25, 0.3) is 0 Å². The fourth-order valence-electron chi connectivity index (χ4n) is 2.87. The number of benzene rings is 1. The van der Waals surface area contributed by atoms with Crippen molar-refractivity contribution < 1.29 is 13.2 Å². The molecule has 1 atom stereocenters. The van der Waals surface area contributed by atoms with Gasteiger partial charge < -0.3 is 9.80 Å². The first-order valence-corrected chi connectivity index (χ1v) is 10.2. The monoisotopic (exact) mass is 373 g/mol. The smallest absolute Gasteiger partial charge is 0.246 e. The molecule has 0 N–H and O–H groups in total. The number of amides is 1. The highest BCUT2D eigenvalue weighted by atomic mass is 35.5. The number of anilines is 1. The Morgan fingerprint density at radius 2 is 1.75 bits per heavy atom. The van der Waals surface area contributed by atoms with Gasteiger partial charge in [0, 0.05) is 31.2 Å². The number of hydrogen-bond acceptors (Lipinski definition) is 4. The van der Waals surface area contributed by atoms with Crippen molar-refractivity contribution in [2.75, 3.05) is 43.8 Å². The molecule has 24 heavy (non-hydrogen) atoms. The van der Waals surface area contributed by atoms with Crippen molar-refractivity contribution in [3.05, 3.63) is 29.3 Å². The lowest BCUT2D eigenvalue weighted by molar-refractivity contribution is -0.134. The van der Waals surface area contributed by atoms with Crippen molar-refractivity contribution in [2.45, 2.75) is 19.4 Å². The lowest BCUT2D eigenvalue weighted by atomic mass is 10.1. The summed E-state index contributed by atoms with van der Waals surface area (Å²) in [6.45, 7) is 4.64. The van der Waals surface area contributed by atoms with E-state index in [-0.39, 0.29) is 5.91 Å². The third-order valence-corrected chi connectivity index (χ3v) is 5.64. The highest BCUT2D eigenvalue weighted by Crippen LogP contribution is 2.25. The van der Waals surface area contributed by atoms with Gasteiger partial charge in [0.05, 0.1) is 11.9 Å². The van der Waals surface area contributed by atoms with Crippen LogP contribution in [0.1, 0.15) is 13.3 Å². The SMILES string of the molecule is CCC(C(=O)N1CCN(C)CC1)N(c1ccc(Cl)cc1)S(C)(=O)=O. The standard InChI is InChI=1S/C16H24ClN3O3S/c1-4-15(16(21)19-11-9-18(2)10-12-19)20(24(3,22)23)14-7-5-13(17)6-8-14/h5-8,15H,4,9-12H2,1-3H3. The molecule has 1 unspecified atom stereocenters. The second-order valence-corrected chi connectivity index (χ2v) is 8.38. The van der Waals surface area contributed by atoms with Gasteiger partial charge in [-0.15, -0.1) is 0 Å². The molecule has 1 heterocycles. The number of sulfonamides is 1. The maximum Gasteiger partial charge on any atom is 0.246 e. The predicted molar refractivity (Wildman–Crippen MR) is 96.9 cm³/mol. The first-order valence-electron chi connectivity index (χ1n) is 7.96. The molecule has 1 amide bonds. The summed E-state index contributed by atoms with van der Waals surface area (Å²) in [5, 5.41) is 0.519. The van der Waals surface area contributed by atoms with Gasteiger partial charge in [-0.25, -0.2) is 8.42 Å². The molecule has 0 aliphatic carbocycles. The van der Waals surface area contributed by atoms with Crippen LogP contribution in [0, 0.1) is 0 Å². The zero-order valence-corrected chi connectivity index (χ0v) is 15.8. The number of nitrogens with zero attached hydrogens (tertiary/aromatic N) is 3. The van der Waals surface area contributed by atoms with E-state index in [9.17, 15) is 13.2 Å². The molecular formula is C16H24ClN3O3S. The zero-order valence-electron chi connectivity index (χ0n) is 14.3. The topological polar surface area (TPSA) is 60.9 Å². The summed E-state index contributed by atoms with van der Waals surface area (Å²) < 4.78 is 26.0. The Balaban J connectivity index is 2.32. The van der Waals surface area contributed by atoms with E-state index in [0.717, 1.165) is 19.3 Å². The van der Waals surface area contributed by atoms with Crippen LogP contribution in [0.15, 0.2) is 24.3 Å². The van der Waals surface area contributed by atoms with Crippen LogP contribution in [0.4, 0.5) is 5.69 Å². The van der Waals surface area contributed by atoms with E-state index in [1.807, 2.05) is 14.0 Å². The summed E-state index contributed by atoms with van der Waals surface area (Å²) in [5.74, 6) is -0.147. The quantitative estimate of drug-likeness (QED) is 0.787. The molecule has 0 spiro atoms. The largest absolute Gasteiger partial charge is 0.338 e. The number of carbonyl (C=O) groups excluding carboxylic acids is 1. The zero-order chi connectivity index (χ0) is 17.9. The average Bonchev–Trinajstić information content (AvgIpc) is 2.52. The minimum atomic E-state index is -3.60. The first kappa shape index (κ1) is 19.0. The Morgan fingerprint density at radius 3 is 2.21 bits per heavy atom. The van der Waals surface area contributed by atoms with E-state index in [0.29, 0.717) is 30.2 Å². The Bertz CT molecular complexity index is 670. The second kappa shape index (κ2) is 7.72. The molecule has 1 aromatic carbocycles. The van der Waals surface area contributed by atoms with Crippen LogP contribution in [-0.4, -0.2) is 69.6 Å². The summed E-state index contributed by atoms with van der Waals surface area (Å²) >= 11 is 5.89. The molecule has 2 rings (SSSR count). The van der Waals surface area contributed by atoms with E-state index in [4.69, 9.17) is 11.6 Å². The van der Waals surface area contributed by atoms with Crippen LogP contribution >= 0.6 is 11.6 Å². The van der Waals surface area contributed by atoms with Gasteiger partial charge in [0.2, 0.25) is 15.9 Å². The maximum atomic E-state index is 12.9. The molecule has 1 aliphatic heterocycles. The van der Waals surface area contributed by atoms with Crippen molar-refractivity contribution in [3.63, 3.8) is 0 Å². The van der Waals surface area contributed by atoms with E-state index in [1.54, 1.807) is 29.2 Å². The van der Waals surface area contributed by atoms with Gasteiger partial charge >= 0.3 is 0 Å². The van der Waals surface area contributed by atoms with Gasteiger partial charge in [-0.1, -0.05) is 18.5 Å². The number of piperazine rings is 1. The van der Waals surface area contributed by atoms with Gasteiger partial charge in [0.15, 0.2) is 0 Å². The van der Waals surface area contributed by atoms with Crippen LogP contribution in [0.2, 0.25) is 5.02 Å². The molecule has 1 aromatic rings. The Morgan fingerprint density at radius 1 is 1.21 bits per heavy atom. The van der Waals surface area contributed by atoms with Gasteiger partial charge in [-0.05, 0) is 37.7 Å². The number of halogens is 1. The summed E-state index contributed by atoms with van der Waals surface area (Å²) in [6.07, 6.45) is 1.53. The van der Waals surface area contributed by atoms with Crippen LogP contribution < -0.4 is 4.31 Å². The van der Waals surface area contributed by atoms with Crippen LogP contribution in [-0.2, 0) is 14.8 Å². The molecule has 0 saturated carbocycles.